The van der Waals surface area contributed by atoms with Gasteiger partial charge in [0, 0.05) is 6.61 Å². The molecule has 0 radical (unpaired) electrons. The molecular formula is C17H29NO3. The Bertz CT molecular complexity index is 358. The fourth-order valence-corrected chi connectivity index (χ4v) is 2.16. The van der Waals surface area contributed by atoms with Crippen molar-refractivity contribution in [3.05, 3.63) is 35.9 Å². The van der Waals surface area contributed by atoms with Gasteiger partial charge in [0.05, 0.1) is 32.0 Å². The molecule has 0 saturated carbocycles. The third kappa shape index (κ3) is 6.14. The molecule has 0 aliphatic heterocycles. The molecule has 1 aromatic rings. The quantitative estimate of drug-likeness (QED) is 0.581. The fraction of sp³-hybridized carbons (Fsp3) is 0.647. The molecule has 0 heterocycles. The summed E-state index contributed by atoms with van der Waals surface area (Å²) in [6.07, 6.45) is 2.02. The van der Waals surface area contributed by atoms with E-state index in [0.29, 0.717) is 19.8 Å². The molecule has 120 valence electrons. The molecule has 0 saturated heterocycles. The van der Waals surface area contributed by atoms with Crippen LogP contribution in [0.25, 0.3) is 0 Å². The van der Waals surface area contributed by atoms with Crippen LogP contribution in [0, 0.1) is 0 Å². The second kappa shape index (κ2) is 10.7. The third-order valence-corrected chi connectivity index (χ3v) is 3.38. The largest absolute Gasteiger partial charge is 0.394 e. The minimum Gasteiger partial charge on any atom is -0.394 e. The molecule has 1 atom stereocenters. The van der Waals surface area contributed by atoms with E-state index in [4.69, 9.17) is 9.47 Å². The Labute approximate surface area is 128 Å². The summed E-state index contributed by atoms with van der Waals surface area (Å²) in [6, 6.07) is 9.99. The van der Waals surface area contributed by atoms with Crippen molar-refractivity contribution in [2.75, 3.05) is 39.6 Å². The van der Waals surface area contributed by atoms with E-state index in [2.05, 4.69) is 19.2 Å². The zero-order valence-corrected chi connectivity index (χ0v) is 13.3. The highest BCUT2D eigenvalue weighted by molar-refractivity contribution is 5.25. The van der Waals surface area contributed by atoms with Crippen LogP contribution in [0.1, 0.15) is 32.3 Å². The van der Waals surface area contributed by atoms with Gasteiger partial charge in [0.2, 0.25) is 0 Å². The minimum atomic E-state index is -0.540. The summed E-state index contributed by atoms with van der Waals surface area (Å²) in [4.78, 5) is 0. The monoisotopic (exact) mass is 295 g/mol. The van der Waals surface area contributed by atoms with Crippen LogP contribution < -0.4 is 5.32 Å². The van der Waals surface area contributed by atoms with Crippen LogP contribution in [0.3, 0.4) is 0 Å². The molecule has 4 heteroatoms. The predicted molar refractivity (Wildman–Crippen MR) is 85.4 cm³/mol. The zero-order valence-electron chi connectivity index (χ0n) is 13.3. The topological polar surface area (TPSA) is 50.7 Å². The number of nitrogens with one attached hydrogen (secondary N) is 1. The van der Waals surface area contributed by atoms with Crippen LogP contribution in [0.5, 0.6) is 0 Å². The molecular weight excluding hydrogens is 266 g/mol. The van der Waals surface area contributed by atoms with Crippen LogP contribution in [0.4, 0.5) is 0 Å². The minimum absolute atomic E-state index is 0.00678. The lowest BCUT2D eigenvalue weighted by molar-refractivity contribution is 0.00161. The first-order valence-electron chi connectivity index (χ1n) is 7.86. The highest BCUT2D eigenvalue weighted by Gasteiger charge is 2.31. The molecule has 0 bridgehead atoms. The number of aliphatic hydroxyl groups excluding tert-OH is 1. The second-order valence-electron chi connectivity index (χ2n) is 5.20. The van der Waals surface area contributed by atoms with Gasteiger partial charge in [0.25, 0.3) is 0 Å². The molecule has 0 aromatic heterocycles. The molecule has 1 unspecified atom stereocenters. The Morgan fingerprint density at radius 2 is 1.71 bits per heavy atom. The van der Waals surface area contributed by atoms with Gasteiger partial charge >= 0.3 is 0 Å². The Morgan fingerprint density at radius 1 is 1.00 bits per heavy atom. The van der Waals surface area contributed by atoms with E-state index in [-0.39, 0.29) is 6.61 Å². The van der Waals surface area contributed by atoms with Gasteiger partial charge in [-0.25, -0.2) is 0 Å². The molecule has 0 fully saturated rings. The number of hydrogen-bond donors (Lipinski definition) is 2. The lowest BCUT2D eigenvalue weighted by Gasteiger charge is -2.33. The maximum Gasteiger partial charge on any atom is 0.0905 e. The molecule has 2 N–H and O–H groups in total. The number of aliphatic hydroxyl groups is 1. The number of hydrogen-bond acceptors (Lipinski definition) is 4. The van der Waals surface area contributed by atoms with Gasteiger partial charge in [-0.2, -0.15) is 0 Å². The van der Waals surface area contributed by atoms with Gasteiger partial charge in [0.1, 0.15) is 0 Å². The van der Waals surface area contributed by atoms with Crippen LogP contribution in [0.2, 0.25) is 0 Å². The Balaban J connectivity index is 2.59. The Morgan fingerprint density at radius 3 is 2.33 bits per heavy atom. The second-order valence-corrected chi connectivity index (χ2v) is 5.20. The van der Waals surface area contributed by atoms with Crippen LogP contribution in [-0.2, 0) is 15.0 Å². The van der Waals surface area contributed by atoms with Gasteiger partial charge in [-0.15, -0.1) is 0 Å². The standard InChI is InChI=1S/C17H29NO3/c1-3-10-18-17(14-19,16-8-6-5-7-9-16)15-21-13-12-20-11-4-2/h5-9,18-19H,3-4,10-15H2,1-2H3. The SMILES string of the molecule is CCCNC(CO)(COCCOCCC)c1ccccc1. The van der Waals surface area contributed by atoms with Crippen molar-refractivity contribution >= 4 is 0 Å². The van der Waals surface area contributed by atoms with Crippen molar-refractivity contribution in [3.8, 4) is 0 Å². The van der Waals surface area contributed by atoms with Gasteiger partial charge < -0.3 is 19.9 Å². The van der Waals surface area contributed by atoms with Crippen molar-refractivity contribution in [2.24, 2.45) is 0 Å². The average Bonchev–Trinajstić information content (AvgIpc) is 2.55. The van der Waals surface area contributed by atoms with Crippen molar-refractivity contribution < 1.29 is 14.6 Å². The van der Waals surface area contributed by atoms with E-state index in [1.54, 1.807) is 0 Å². The van der Waals surface area contributed by atoms with Crippen molar-refractivity contribution in [3.63, 3.8) is 0 Å². The maximum absolute atomic E-state index is 9.92. The number of benzene rings is 1. The van der Waals surface area contributed by atoms with Gasteiger partial charge in [-0.1, -0.05) is 44.2 Å². The van der Waals surface area contributed by atoms with Crippen molar-refractivity contribution in [2.45, 2.75) is 32.2 Å². The van der Waals surface area contributed by atoms with E-state index >= 15 is 0 Å². The van der Waals surface area contributed by atoms with Crippen LogP contribution in [0.15, 0.2) is 30.3 Å². The molecule has 0 amide bonds. The summed E-state index contributed by atoms with van der Waals surface area (Å²) in [5.41, 5.74) is 0.512. The highest BCUT2D eigenvalue weighted by Crippen LogP contribution is 2.21. The Kier molecular flexibility index (Phi) is 9.26. The lowest BCUT2D eigenvalue weighted by Crippen LogP contribution is -2.50. The first-order valence-corrected chi connectivity index (χ1v) is 7.86. The maximum atomic E-state index is 9.92. The van der Waals surface area contributed by atoms with Crippen molar-refractivity contribution in [1.29, 1.82) is 0 Å². The van der Waals surface area contributed by atoms with E-state index in [9.17, 15) is 5.11 Å². The van der Waals surface area contributed by atoms with E-state index in [1.807, 2.05) is 30.3 Å². The molecule has 1 rings (SSSR count). The van der Waals surface area contributed by atoms with E-state index < -0.39 is 5.54 Å². The molecule has 1 aromatic carbocycles. The van der Waals surface area contributed by atoms with Gasteiger partial charge in [-0.05, 0) is 24.9 Å². The number of rotatable bonds is 12. The van der Waals surface area contributed by atoms with E-state index in [1.165, 1.54) is 0 Å². The first kappa shape index (κ1) is 18.1. The summed E-state index contributed by atoms with van der Waals surface area (Å²) >= 11 is 0. The molecule has 21 heavy (non-hydrogen) atoms. The average molecular weight is 295 g/mol. The van der Waals surface area contributed by atoms with Gasteiger partial charge in [0.15, 0.2) is 0 Å². The fourth-order valence-electron chi connectivity index (χ4n) is 2.16. The normalized spacial score (nSPS) is 14.0. The molecule has 0 aliphatic rings. The summed E-state index contributed by atoms with van der Waals surface area (Å²) in [5, 5.41) is 13.4. The summed E-state index contributed by atoms with van der Waals surface area (Å²) < 4.78 is 11.2. The molecule has 0 spiro atoms. The first-order chi connectivity index (χ1) is 10.3. The third-order valence-electron chi connectivity index (χ3n) is 3.38. The zero-order chi connectivity index (χ0) is 15.4. The summed E-state index contributed by atoms with van der Waals surface area (Å²) in [6.45, 7) is 7.38. The molecule has 4 nitrogen and oxygen atoms in total. The van der Waals surface area contributed by atoms with Gasteiger partial charge in [-0.3, -0.25) is 0 Å². The smallest absolute Gasteiger partial charge is 0.0905 e. The summed E-state index contributed by atoms with van der Waals surface area (Å²) in [7, 11) is 0. The molecule has 0 aliphatic carbocycles. The number of ether oxygens (including phenoxy) is 2. The predicted octanol–water partition coefficient (Wildman–Crippen LogP) is 2.32. The Hall–Kier alpha value is -0.940. The summed E-state index contributed by atoms with van der Waals surface area (Å²) in [5.74, 6) is 0. The van der Waals surface area contributed by atoms with Crippen molar-refractivity contribution in [1.82, 2.24) is 5.32 Å². The highest BCUT2D eigenvalue weighted by atomic mass is 16.5. The lowest BCUT2D eigenvalue weighted by atomic mass is 9.91. The van der Waals surface area contributed by atoms with Crippen LogP contribution >= 0.6 is 0 Å². The van der Waals surface area contributed by atoms with E-state index in [0.717, 1.165) is 31.6 Å². The van der Waals surface area contributed by atoms with Crippen LogP contribution in [-0.4, -0.2) is 44.7 Å².